The summed E-state index contributed by atoms with van der Waals surface area (Å²) < 4.78 is 5.94. The average Bonchev–Trinajstić information content (AvgIpc) is 2.50. The number of rotatable bonds is 8. The summed E-state index contributed by atoms with van der Waals surface area (Å²) in [6.07, 6.45) is 5.07. The Morgan fingerprint density at radius 2 is 1.83 bits per heavy atom. The number of para-hydroxylation sites is 1. The van der Waals surface area contributed by atoms with E-state index in [-0.39, 0.29) is 0 Å². The number of ether oxygens (including phenoxy) is 1. The Hall–Kier alpha value is -2.34. The van der Waals surface area contributed by atoms with Crippen LogP contribution in [-0.4, -0.2) is 54.3 Å². The van der Waals surface area contributed by atoms with E-state index in [1.54, 1.807) is 0 Å². The first kappa shape index (κ1) is 21.7. The van der Waals surface area contributed by atoms with Crippen molar-refractivity contribution >= 4 is 11.9 Å². The predicted molar refractivity (Wildman–Crippen MR) is 93.6 cm³/mol. The molecule has 0 unspecified atom stereocenters. The molecule has 24 heavy (non-hydrogen) atoms. The monoisotopic (exact) mass is 337 g/mol. The number of hydrogen-bond donors (Lipinski definition) is 2. The fourth-order valence-electron chi connectivity index (χ4n) is 1.94. The number of nitrogens with zero attached hydrogens (tertiary/aromatic N) is 1. The van der Waals surface area contributed by atoms with Crippen LogP contribution in [0.1, 0.15) is 24.0 Å². The molecule has 6 heteroatoms. The molecule has 0 saturated heterocycles. The first-order valence-corrected chi connectivity index (χ1v) is 7.72. The van der Waals surface area contributed by atoms with E-state index in [1.807, 2.05) is 6.08 Å². The Labute approximate surface area is 143 Å². The highest BCUT2D eigenvalue weighted by Gasteiger charge is 2.05. The van der Waals surface area contributed by atoms with Gasteiger partial charge in [0.25, 0.3) is 0 Å². The lowest BCUT2D eigenvalue weighted by molar-refractivity contribution is -0.159. The SMILES string of the molecule is C=CCc1cccc(C)c1OCCCCN(C)C.O=C(O)C(=O)O. The molecular formula is C18H27NO5. The summed E-state index contributed by atoms with van der Waals surface area (Å²) in [6.45, 7) is 7.81. The summed E-state index contributed by atoms with van der Waals surface area (Å²) in [7, 11) is 4.20. The van der Waals surface area contributed by atoms with Crippen LogP contribution in [0.25, 0.3) is 0 Å². The molecule has 0 aromatic heterocycles. The zero-order valence-electron chi connectivity index (χ0n) is 14.6. The molecule has 0 aliphatic carbocycles. The van der Waals surface area contributed by atoms with Gasteiger partial charge in [0.05, 0.1) is 6.61 Å². The number of carbonyl (C=O) groups is 2. The van der Waals surface area contributed by atoms with E-state index < -0.39 is 11.9 Å². The van der Waals surface area contributed by atoms with Gasteiger partial charge < -0.3 is 19.8 Å². The highest BCUT2D eigenvalue weighted by Crippen LogP contribution is 2.24. The molecule has 0 saturated carbocycles. The van der Waals surface area contributed by atoms with E-state index in [9.17, 15) is 0 Å². The Balaban J connectivity index is 0.000000754. The van der Waals surface area contributed by atoms with Crippen LogP contribution in [-0.2, 0) is 16.0 Å². The number of carboxylic acid groups (broad SMARTS) is 2. The Kier molecular flexibility index (Phi) is 10.9. The lowest BCUT2D eigenvalue weighted by atomic mass is 10.1. The van der Waals surface area contributed by atoms with E-state index in [1.165, 1.54) is 17.5 Å². The van der Waals surface area contributed by atoms with E-state index >= 15 is 0 Å². The molecule has 0 amide bonds. The predicted octanol–water partition coefficient (Wildman–Crippen LogP) is 2.60. The van der Waals surface area contributed by atoms with E-state index in [0.717, 1.165) is 31.7 Å². The molecule has 0 aliphatic heterocycles. The van der Waals surface area contributed by atoms with E-state index in [0.29, 0.717) is 0 Å². The fraction of sp³-hybridized carbons (Fsp3) is 0.444. The van der Waals surface area contributed by atoms with Gasteiger partial charge in [0.1, 0.15) is 5.75 Å². The van der Waals surface area contributed by atoms with E-state index in [4.69, 9.17) is 24.5 Å². The topological polar surface area (TPSA) is 87.1 Å². The van der Waals surface area contributed by atoms with Gasteiger partial charge in [0.15, 0.2) is 0 Å². The zero-order valence-corrected chi connectivity index (χ0v) is 14.6. The fourth-order valence-corrected chi connectivity index (χ4v) is 1.94. The molecule has 2 N–H and O–H groups in total. The summed E-state index contributed by atoms with van der Waals surface area (Å²) in [5.41, 5.74) is 2.44. The first-order chi connectivity index (χ1) is 11.3. The van der Waals surface area contributed by atoms with Crippen molar-refractivity contribution in [2.24, 2.45) is 0 Å². The number of aliphatic carboxylic acids is 2. The second-order valence-corrected chi connectivity index (χ2v) is 5.53. The molecule has 1 rings (SSSR count). The van der Waals surface area contributed by atoms with Gasteiger partial charge >= 0.3 is 11.9 Å². The van der Waals surface area contributed by atoms with Crippen molar-refractivity contribution in [3.05, 3.63) is 42.0 Å². The summed E-state index contributed by atoms with van der Waals surface area (Å²) in [4.78, 5) is 20.4. The Morgan fingerprint density at radius 1 is 1.21 bits per heavy atom. The number of hydrogen-bond acceptors (Lipinski definition) is 4. The van der Waals surface area contributed by atoms with Crippen LogP contribution in [0.4, 0.5) is 0 Å². The van der Waals surface area contributed by atoms with Crippen molar-refractivity contribution < 1.29 is 24.5 Å². The minimum absolute atomic E-state index is 0.794. The molecule has 0 atom stereocenters. The number of carboxylic acids is 2. The quantitative estimate of drug-likeness (QED) is 0.431. The third kappa shape index (κ3) is 9.63. The minimum Gasteiger partial charge on any atom is -0.493 e. The van der Waals surface area contributed by atoms with Crippen LogP contribution < -0.4 is 4.74 Å². The van der Waals surface area contributed by atoms with Gasteiger partial charge in [-0.05, 0) is 58.0 Å². The third-order valence-corrected chi connectivity index (χ3v) is 3.09. The van der Waals surface area contributed by atoms with Crippen molar-refractivity contribution in [3.63, 3.8) is 0 Å². The van der Waals surface area contributed by atoms with Gasteiger partial charge in [-0.2, -0.15) is 0 Å². The minimum atomic E-state index is -1.82. The summed E-state index contributed by atoms with van der Waals surface area (Å²) in [5, 5.41) is 14.8. The zero-order chi connectivity index (χ0) is 18.5. The molecule has 134 valence electrons. The van der Waals surface area contributed by atoms with Gasteiger partial charge in [-0.3, -0.25) is 0 Å². The smallest absolute Gasteiger partial charge is 0.414 e. The van der Waals surface area contributed by atoms with Crippen LogP contribution in [0.3, 0.4) is 0 Å². The summed E-state index contributed by atoms with van der Waals surface area (Å²) in [6, 6.07) is 6.29. The normalized spacial score (nSPS) is 9.83. The molecule has 1 aromatic carbocycles. The summed E-state index contributed by atoms with van der Waals surface area (Å²) in [5.74, 6) is -2.60. The highest BCUT2D eigenvalue weighted by atomic mass is 16.5. The molecule has 0 bridgehead atoms. The average molecular weight is 337 g/mol. The van der Waals surface area contributed by atoms with E-state index in [2.05, 4.69) is 50.7 Å². The van der Waals surface area contributed by atoms with Gasteiger partial charge in [-0.25, -0.2) is 9.59 Å². The number of unbranched alkanes of at least 4 members (excludes halogenated alkanes) is 1. The second kappa shape index (κ2) is 12.1. The Bertz CT molecular complexity index is 528. The van der Waals surface area contributed by atoms with Gasteiger partial charge in [0.2, 0.25) is 0 Å². The van der Waals surface area contributed by atoms with Crippen molar-refractivity contribution in [2.45, 2.75) is 26.2 Å². The molecule has 6 nitrogen and oxygen atoms in total. The van der Waals surface area contributed by atoms with Crippen molar-refractivity contribution in [1.29, 1.82) is 0 Å². The molecule has 0 fully saturated rings. The maximum Gasteiger partial charge on any atom is 0.414 e. The van der Waals surface area contributed by atoms with Crippen LogP contribution in [0.15, 0.2) is 30.9 Å². The van der Waals surface area contributed by atoms with Crippen LogP contribution in [0, 0.1) is 6.92 Å². The van der Waals surface area contributed by atoms with Crippen molar-refractivity contribution in [2.75, 3.05) is 27.2 Å². The van der Waals surface area contributed by atoms with Gasteiger partial charge in [-0.1, -0.05) is 24.3 Å². The van der Waals surface area contributed by atoms with Crippen LogP contribution >= 0.6 is 0 Å². The maximum absolute atomic E-state index is 9.10. The van der Waals surface area contributed by atoms with Crippen LogP contribution in [0.2, 0.25) is 0 Å². The second-order valence-electron chi connectivity index (χ2n) is 5.53. The molecule has 0 radical (unpaired) electrons. The van der Waals surface area contributed by atoms with Crippen molar-refractivity contribution in [1.82, 2.24) is 4.90 Å². The lowest BCUT2D eigenvalue weighted by Crippen LogP contribution is -2.14. The van der Waals surface area contributed by atoms with Crippen molar-refractivity contribution in [3.8, 4) is 5.75 Å². The molecular weight excluding hydrogens is 310 g/mol. The first-order valence-electron chi connectivity index (χ1n) is 7.72. The van der Waals surface area contributed by atoms with Gasteiger partial charge in [0, 0.05) is 0 Å². The largest absolute Gasteiger partial charge is 0.493 e. The van der Waals surface area contributed by atoms with Crippen LogP contribution in [0.5, 0.6) is 5.75 Å². The standard InChI is InChI=1S/C16H25NO.C2H2O4/c1-5-9-15-11-8-10-14(2)16(15)18-13-7-6-12-17(3)4;3-1(4)2(5)6/h5,8,10-11H,1,6-7,9,12-13H2,2-4H3;(H,3,4)(H,5,6). The highest BCUT2D eigenvalue weighted by molar-refractivity contribution is 6.27. The maximum atomic E-state index is 9.10. The number of benzene rings is 1. The molecule has 1 aromatic rings. The summed E-state index contributed by atoms with van der Waals surface area (Å²) >= 11 is 0. The molecule has 0 heterocycles. The third-order valence-electron chi connectivity index (χ3n) is 3.09. The molecule has 0 aliphatic rings. The lowest BCUT2D eigenvalue weighted by Gasteiger charge is -2.14. The molecule has 0 spiro atoms. The van der Waals surface area contributed by atoms with Gasteiger partial charge in [-0.15, -0.1) is 6.58 Å². The number of aryl methyl sites for hydroxylation is 1. The number of allylic oxidation sites excluding steroid dienone is 1. The Morgan fingerprint density at radius 3 is 2.33 bits per heavy atom.